The van der Waals surface area contributed by atoms with Crippen molar-refractivity contribution in [1.29, 1.82) is 0 Å². The Labute approximate surface area is 182 Å². The molecule has 0 fully saturated rings. The van der Waals surface area contributed by atoms with Gasteiger partial charge in [-0.1, -0.05) is 74.2 Å². The van der Waals surface area contributed by atoms with Gasteiger partial charge in [0.15, 0.2) is 0 Å². The fourth-order valence-corrected chi connectivity index (χ4v) is 4.31. The highest BCUT2D eigenvalue weighted by Crippen LogP contribution is 2.21. The van der Waals surface area contributed by atoms with E-state index in [9.17, 15) is 13.5 Å². The van der Waals surface area contributed by atoms with E-state index in [1.165, 1.54) is 0 Å². The number of sulfonamides is 1. The van der Waals surface area contributed by atoms with E-state index in [0.29, 0.717) is 11.4 Å². The molecule has 1 atom stereocenters. The van der Waals surface area contributed by atoms with E-state index in [2.05, 4.69) is 23.8 Å². The summed E-state index contributed by atoms with van der Waals surface area (Å²) in [5, 5.41) is 10.3. The van der Waals surface area contributed by atoms with Crippen LogP contribution in [0, 0.1) is 6.92 Å². The summed E-state index contributed by atoms with van der Waals surface area (Å²) in [5.74, 6) is 0. The lowest BCUT2D eigenvalue weighted by atomic mass is 10.0. The highest BCUT2D eigenvalue weighted by atomic mass is 32.2. The van der Waals surface area contributed by atoms with Crippen LogP contribution in [0.2, 0.25) is 0 Å². The first-order valence-corrected chi connectivity index (χ1v) is 12.4. The molecule has 0 aromatic heterocycles. The number of hydrogen-bond donors (Lipinski definition) is 2. The summed E-state index contributed by atoms with van der Waals surface area (Å²) in [4.78, 5) is 0.310. The van der Waals surface area contributed by atoms with E-state index in [4.69, 9.17) is 0 Å². The van der Waals surface area contributed by atoms with Crippen LogP contribution in [0.15, 0.2) is 59.5 Å². The lowest BCUT2D eigenvalue weighted by molar-refractivity contribution is 0.163. The van der Waals surface area contributed by atoms with Crippen molar-refractivity contribution in [3.63, 3.8) is 0 Å². The zero-order chi connectivity index (χ0) is 21.8. The number of aliphatic hydroxyl groups excluding tert-OH is 1. The van der Waals surface area contributed by atoms with E-state index < -0.39 is 16.1 Å². The summed E-state index contributed by atoms with van der Waals surface area (Å²) in [7, 11) is -3.43. The van der Waals surface area contributed by atoms with Crippen molar-refractivity contribution in [3.05, 3.63) is 71.3 Å². The molecule has 0 saturated carbocycles. The average molecular weight is 430 g/mol. The van der Waals surface area contributed by atoms with Crippen LogP contribution >= 0.6 is 0 Å². The molecule has 0 aliphatic heterocycles. The van der Waals surface area contributed by atoms with Crippen molar-refractivity contribution in [3.8, 4) is 0 Å². The third-order valence-corrected chi connectivity index (χ3v) is 6.58. The van der Waals surface area contributed by atoms with Crippen LogP contribution in [-0.4, -0.2) is 20.1 Å². The monoisotopic (exact) mass is 429 g/mol. The van der Waals surface area contributed by atoms with Gasteiger partial charge < -0.3 is 5.11 Å². The Morgan fingerprint density at radius 2 is 1.80 bits per heavy atom. The highest BCUT2D eigenvalue weighted by molar-refractivity contribution is 7.89. The largest absolute Gasteiger partial charge is 0.388 e. The minimum atomic E-state index is -3.43. The summed E-state index contributed by atoms with van der Waals surface area (Å²) in [6, 6.07) is 14.9. The number of nitrogens with one attached hydrogen (secondary N) is 1. The Morgan fingerprint density at radius 1 is 1.03 bits per heavy atom. The second kappa shape index (κ2) is 12.7. The molecule has 2 rings (SSSR count). The van der Waals surface area contributed by atoms with Gasteiger partial charge in [0, 0.05) is 6.54 Å². The fraction of sp³-hybridized carbons (Fsp3) is 0.440. The first kappa shape index (κ1) is 24.3. The predicted octanol–water partition coefficient (Wildman–Crippen LogP) is 5.77. The summed E-state index contributed by atoms with van der Waals surface area (Å²) >= 11 is 0. The summed E-state index contributed by atoms with van der Waals surface area (Å²) < 4.78 is 27.1. The third kappa shape index (κ3) is 8.42. The lowest BCUT2D eigenvalue weighted by Gasteiger charge is -2.11. The first-order valence-electron chi connectivity index (χ1n) is 10.9. The van der Waals surface area contributed by atoms with Gasteiger partial charge in [-0.3, -0.25) is 0 Å². The topological polar surface area (TPSA) is 66.4 Å². The van der Waals surface area contributed by atoms with Crippen molar-refractivity contribution in [2.24, 2.45) is 0 Å². The molecule has 0 aliphatic rings. The number of hydrogen-bond acceptors (Lipinski definition) is 3. The second-order valence-corrected chi connectivity index (χ2v) is 9.56. The van der Waals surface area contributed by atoms with Crippen LogP contribution < -0.4 is 4.72 Å². The minimum absolute atomic E-state index is 0.310. The van der Waals surface area contributed by atoms with Crippen LogP contribution in [-0.2, 0) is 10.0 Å². The number of benzene rings is 2. The zero-order valence-electron chi connectivity index (χ0n) is 18.2. The Kier molecular flexibility index (Phi) is 10.3. The predicted molar refractivity (Wildman–Crippen MR) is 125 cm³/mol. The fourth-order valence-electron chi connectivity index (χ4n) is 3.24. The molecule has 30 heavy (non-hydrogen) atoms. The molecule has 2 aromatic rings. The molecular weight excluding hydrogens is 394 g/mol. The minimum Gasteiger partial charge on any atom is -0.388 e. The van der Waals surface area contributed by atoms with Crippen LogP contribution in [0.3, 0.4) is 0 Å². The molecule has 0 saturated heterocycles. The molecule has 164 valence electrons. The Morgan fingerprint density at radius 3 is 2.53 bits per heavy atom. The van der Waals surface area contributed by atoms with Crippen LogP contribution in [0.1, 0.15) is 74.7 Å². The summed E-state index contributed by atoms with van der Waals surface area (Å²) in [6.45, 7) is 4.53. The zero-order valence-corrected chi connectivity index (χ0v) is 19.0. The lowest BCUT2D eigenvalue weighted by Crippen LogP contribution is -2.24. The second-order valence-electron chi connectivity index (χ2n) is 7.79. The molecule has 0 amide bonds. The van der Waals surface area contributed by atoms with Gasteiger partial charge in [0.1, 0.15) is 0 Å². The maximum Gasteiger partial charge on any atom is 0.240 e. The van der Waals surface area contributed by atoms with E-state index in [1.54, 1.807) is 24.3 Å². The molecule has 0 spiro atoms. The van der Waals surface area contributed by atoms with Crippen LogP contribution in [0.4, 0.5) is 0 Å². The Hall–Kier alpha value is -1.95. The molecule has 2 N–H and O–H groups in total. The molecule has 0 bridgehead atoms. The molecule has 1 unspecified atom stereocenters. The average Bonchev–Trinajstić information content (AvgIpc) is 2.73. The van der Waals surface area contributed by atoms with Gasteiger partial charge in [-0.15, -0.1) is 0 Å². The van der Waals surface area contributed by atoms with Gasteiger partial charge in [0.2, 0.25) is 10.0 Å². The SMILES string of the molecule is CCCCCC(O)c1cccc(/C=C\CCCCNS(=O)(=O)c2ccc(C)cc2)c1. The van der Waals surface area contributed by atoms with E-state index in [1.807, 2.05) is 31.2 Å². The van der Waals surface area contributed by atoms with Crippen LogP contribution in [0.25, 0.3) is 6.08 Å². The van der Waals surface area contributed by atoms with Crippen molar-refractivity contribution in [2.75, 3.05) is 6.54 Å². The molecular formula is C25H35NO3S. The van der Waals surface area contributed by atoms with Crippen molar-refractivity contribution in [1.82, 2.24) is 4.72 Å². The van der Waals surface area contributed by atoms with Gasteiger partial charge in [0.05, 0.1) is 11.0 Å². The highest BCUT2D eigenvalue weighted by Gasteiger charge is 2.12. The van der Waals surface area contributed by atoms with Gasteiger partial charge in [-0.2, -0.15) is 0 Å². The number of unbranched alkanes of at least 4 members (excludes halogenated alkanes) is 4. The number of aliphatic hydroxyl groups is 1. The third-order valence-electron chi connectivity index (χ3n) is 5.11. The molecule has 2 aromatic carbocycles. The number of aryl methyl sites for hydroxylation is 1. The van der Waals surface area contributed by atoms with Gasteiger partial charge >= 0.3 is 0 Å². The Bertz CT molecular complexity index is 889. The summed E-state index contributed by atoms with van der Waals surface area (Å²) in [5.41, 5.74) is 3.10. The standard InChI is InChI=1S/C25H35NO3S/c1-3-4-7-14-25(27)23-13-10-12-22(20-23)11-8-5-6-9-19-26-30(28,29)24-17-15-21(2)16-18-24/h8,10-13,15-18,20,25-27H,3-7,9,14,19H2,1-2H3/b11-8-. The van der Waals surface area contributed by atoms with E-state index in [0.717, 1.165) is 61.6 Å². The number of rotatable bonds is 13. The van der Waals surface area contributed by atoms with Gasteiger partial charge in [-0.25, -0.2) is 13.1 Å². The van der Waals surface area contributed by atoms with E-state index in [-0.39, 0.29) is 0 Å². The van der Waals surface area contributed by atoms with Gasteiger partial charge in [-0.05, 0) is 61.9 Å². The van der Waals surface area contributed by atoms with Crippen molar-refractivity contribution in [2.45, 2.75) is 69.8 Å². The molecule has 5 heteroatoms. The molecule has 0 radical (unpaired) electrons. The quantitative estimate of drug-likeness (QED) is 0.397. The maximum absolute atomic E-state index is 12.2. The van der Waals surface area contributed by atoms with Crippen LogP contribution in [0.5, 0.6) is 0 Å². The molecule has 0 heterocycles. The maximum atomic E-state index is 12.2. The van der Waals surface area contributed by atoms with E-state index >= 15 is 0 Å². The number of allylic oxidation sites excluding steroid dienone is 1. The van der Waals surface area contributed by atoms with Crippen molar-refractivity contribution < 1.29 is 13.5 Å². The molecule has 0 aliphatic carbocycles. The smallest absolute Gasteiger partial charge is 0.240 e. The van der Waals surface area contributed by atoms with Gasteiger partial charge in [0.25, 0.3) is 0 Å². The summed E-state index contributed by atoms with van der Waals surface area (Å²) in [6.07, 6.45) is 10.5. The normalized spacial score (nSPS) is 13.0. The first-order chi connectivity index (χ1) is 14.4. The van der Waals surface area contributed by atoms with Crippen molar-refractivity contribution >= 4 is 16.1 Å². The molecule has 4 nitrogen and oxygen atoms in total. The Balaban J connectivity index is 1.71.